The van der Waals surface area contributed by atoms with Gasteiger partial charge in [0.25, 0.3) is 5.91 Å². The van der Waals surface area contributed by atoms with E-state index >= 15 is 0 Å². The van der Waals surface area contributed by atoms with Crippen LogP contribution >= 0.6 is 24.0 Å². The summed E-state index contributed by atoms with van der Waals surface area (Å²) in [7, 11) is 0. The highest BCUT2D eigenvalue weighted by Gasteiger charge is 2.31. The summed E-state index contributed by atoms with van der Waals surface area (Å²) in [6, 6.07) is 19.8. The Balaban J connectivity index is 1.49. The van der Waals surface area contributed by atoms with Crippen molar-refractivity contribution in [1.82, 2.24) is 10.2 Å². The Morgan fingerprint density at radius 2 is 1.77 bits per heavy atom. The topological polar surface area (TPSA) is 49.4 Å². The third-order valence-electron chi connectivity index (χ3n) is 4.54. The molecule has 1 aliphatic rings. The largest absolute Gasteiger partial charge is 0.352 e. The summed E-state index contributed by atoms with van der Waals surface area (Å²) in [5, 5.41) is 2.91. The van der Waals surface area contributed by atoms with Gasteiger partial charge in [-0.05, 0) is 36.1 Å². The standard InChI is InChI=1S/C24H24N2O2S2/c1-18(15-19-9-4-2-5-10-19)16-21-23(28)26(24(29)30-21)14-8-13-22(27)25-17-20-11-6-3-7-12-20/h2-7,9-12,15-16H,8,13-14,17H2,1H3,(H,25,27)/b18-15+,21-16-. The van der Waals surface area contributed by atoms with Crippen molar-refractivity contribution in [2.45, 2.75) is 26.3 Å². The summed E-state index contributed by atoms with van der Waals surface area (Å²) in [5.74, 6) is -0.114. The van der Waals surface area contributed by atoms with E-state index in [2.05, 4.69) is 5.32 Å². The van der Waals surface area contributed by atoms with Gasteiger partial charge in [-0.2, -0.15) is 0 Å². The van der Waals surface area contributed by atoms with E-state index in [1.54, 1.807) is 4.90 Å². The summed E-state index contributed by atoms with van der Waals surface area (Å²) in [4.78, 5) is 27.0. The molecule has 1 saturated heterocycles. The van der Waals surface area contributed by atoms with Crippen LogP contribution in [0.2, 0.25) is 0 Å². The van der Waals surface area contributed by atoms with E-state index < -0.39 is 0 Å². The number of carbonyl (C=O) groups is 2. The van der Waals surface area contributed by atoms with Crippen LogP contribution in [0.3, 0.4) is 0 Å². The van der Waals surface area contributed by atoms with E-state index in [-0.39, 0.29) is 11.8 Å². The fourth-order valence-corrected chi connectivity index (χ4v) is 4.39. The van der Waals surface area contributed by atoms with E-state index in [1.165, 1.54) is 11.8 Å². The molecule has 0 aromatic heterocycles. The number of thiocarbonyl (C=S) groups is 1. The smallest absolute Gasteiger partial charge is 0.266 e. The maximum absolute atomic E-state index is 12.7. The lowest BCUT2D eigenvalue weighted by atomic mass is 10.1. The highest BCUT2D eigenvalue weighted by Crippen LogP contribution is 2.32. The van der Waals surface area contributed by atoms with E-state index in [0.717, 1.165) is 16.7 Å². The third-order valence-corrected chi connectivity index (χ3v) is 5.92. The lowest BCUT2D eigenvalue weighted by molar-refractivity contribution is -0.124. The third kappa shape index (κ3) is 6.40. The van der Waals surface area contributed by atoms with Gasteiger partial charge in [-0.25, -0.2) is 0 Å². The Morgan fingerprint density at radius 3 is 2.47 bits per heavy atom. The molecule has 1 N–H and O–H groups in total. The predicted molar refractivity (Wildman–Crippen MR) is 128 cm³/mol. The van der Waals surface area contributed by atoms with Crippen LogP contribution in [-0.2, 0) is 16.1 Å². The van der Waals surface area contributed by atoms with Crippen LogP contribution in [0.5, 0.6) is 0 Å². The van der Waals surface area contributed by atoms with Crippen molar-refractivity contribution in [2.75, 3.05) is 6.54 Å². The normalized spacial score (nSPS) is 15.7. The van der Waals surface area contributed by atoms with Crippen LogP contribution in [0.25, 0.3) is 6.08 Å². The first-order valence-corrected chi connectivity index (χ1v) is 11.0. The highest BCUT2D eigenvalue weighted by atomic mass is 32.2. The number of nitrogens with zero attached hydrogens (tertiary/aromatic N) is 1. The van der Waals surface area contributed by atoms with Gasteiger partial charge in [-0.15, -0.1) is 0 Å². The van der Waals surface area contributed by atoms with Gasteiger partial charge >= 0.3 is 0 Å². The average Bonchev–Trinajstić information content (AvgIpc) is 3.01. The Hall–Kier alpha value is -2.70. The second-order valence-electron chi connectivity index (χ2n) is 7.00. The van der Waals surface area contributed by atoms with Gasteiger partial charge < -0.3 is 5.32 Å². The number of hydrogen-bond donors (Lipinski definition) is 1. The van der Waals surface area contributed by atoms with Crippen molar-refractivity contribution < 1.29 is 9.59 Å². The van der Waals surface area contributed by atoms with E-state index in [4.69, 9.17) is 12.2 Å². The van der Waals surface area contributed by atoms with Crippen molar-refractivity contribution in [1.29, 1.82) is 0 Å². The first-order valence-electron chi connectivity index (χ1n) is 9.82. The van der Waals surface area contributed by atoms with Crippen LogP contribution in [-0.4, -0.2) is 27.6 Å². The van der Waals surface area contributed by atoms with Gasteiger partial charge in [0.05, 0.1) is 4.91 Å². The summed E-state index contributed by atoms with van der Waals surface area (Å²) >= 11 is 6.69. The molecule has 0 spiro atoms. The van der Waals surface area contributed by atoms with E-state index in [9.17, 15) is 9.59 Å². The number of allylic oxidation sites excluding steroid dienone is 2. The van der Waals surface area contributed by atoms with Crippen LogP contribution in [0, 0.1) is 0 Å². The average molecular weight is 437 g/mol. The quantitative estimate of drug-likeness (QED) is 0.471. The van der Waals surface area contributed by atoms with Gasteiger partial charge in [-0.1, -0.05) is 90.7 Å². The number of nitrogens with one attached hydrogen (secondary N) is 1. The molecule has 30 heavy (non-hydrogen) atoms. The zero-order chi connectivity index (χ0) is 21.3. The molecule has 1 aliphatic heterocycles. The minimum absolute atomic E-state index is 0.0264. The van der Waals surface area contributed by atoms with Gasteiger partial charge in [0.15, 0.2) is 0 Å². The Kier molecular flexibility index (Phi) is 7.99. The minimum Gasteiger partial charge on any atom is -0.352 e. The van der Waals surface area contributed by atoms with Crippen LogP contribution in [0.4, 0.5) is 0 Å². The van der Waals surface area contributed by atoms with Gasteiger partial charge in [0.2, 0.25) is 5.91 Å². The molecule has 6 heteroatoms. The lowest BCUT2D eigenvalue weighted by Crippen LogP contribution is -2.30. The van der Waals surface area contributed by atoms with Crippen LogP contribution in [0.15, 0.2) is 77.2 Å². The summed E-state index contributed by atoms with van der Waals surface area (Å²) in [6.45, 7) is 2.93. The number of benzene rings is 2. The predicted octanol–water partition coefficient (Wildman–Crippen LogP) is 4.93. The molecule has 2 aromatic carbocycles. The molecule has 3 rings (SSSR count). The van der Waals surface area contributed by atoms with E-state index in [1.807, 2.05) is 79.7 Å². The minimum atomic E-state index is -0.0875. The molecular weight excluding hydrogens is 412 g/mol. The zero-order valence-electron chi connectivity index (χ0n) is 16.8. The van der Waals surface area contributed by atoms with Gasteiger partial charge in [0, 0.05) is 19.5 Å². The SMILES string of the molecule is CC(/C=C1\SC(=S)N(CCCC(=O)NCc2ccccc2)C1=O)=C\c1ccccc1. The number of amides is 2. The molecule has 1 fully saturated rings. The molecule has 0 radical (unpaired) electrons. The number of hydrogen-bond acceptors (Lipinski definition) is 4. The molecule has 154 valence electrons. The number of thioether (sulfide) groups is 1. The maximum Gasteiger partial charge on any atom is 0.266 e. The number of rotatable bonds is 8. The Labute approximate surface area is 187 Å². The van der Waals surface area contributed by atoms with Crippen molar-refractivity contribution in [2.24, 2.45) is 0 Å². The molecule has 0 aliphatic carbocycles. The Morgan fingerprint density at radius 1 is 1.10 bits per heavy atom. The molecule has 4 nitrogen and oxygen atoms in total. The number of carbonyl (C=O) groups excluding carboxylic acids is 2. The molecule has 0 bridgehead atoms. The first-order chi connectivity index (χ1) is 14.5. The van der Waals surface area contributed by atoms with Gasteiger partial charge in [0.1, 0.15) is 4.32 Å². The molecule has 2 aromatic rings. The molecule has 0 atom stereocenters. The molecule has 2 amide bonds. The lowest BCUT2D eigenvalue weighted by Gasteiger charge is -2.14. The monoisotopic (exact) mass is 436 g/mol. The zero-order valence-corrected chi connectivity index (χ0v) is 18.5. The van der Waals surface area contributed by atoms with Gasteiger partial charge in [-0.3, -0.25) is 14.5 Å². The fourth-order valence-electron chi connectivity index (χ4n) is 3.04. The van der Waals surface area contributed by atoms with E-state index in [0.29, 0.717) is 35.2 Å². The summed E-state index contributed by atoms with van der Waals surface area (Å²) in [5.41, 5.74) is 3.14. The van der Waals surface area contributed by atoms with Crippen LogP contribution < -0.4 is 5.32 Å². The molecule has 0 saturated carbocycles. The van der Waals surface area contributed by atoms with Crippen molar-refractivity contribution >= 4 is 46.2 Å². The summed E-state index contributed by atoms with van der Waals surface area (Å²) < 4.78 is 0.545. The van der Waals surface area contributed by atoms with Crippen molar-refractivity contribution in [3.63, 3.8) is 0 Å². The van der Waals surface area contributed by atoms with Crippen molar-refractivity contribution in [3.05, 3.63) is 88.3 Å². The maximum atomic E-state index is 12.7. The second-order valence-corrected chi connectivity index (χ2v) is 8.67. The fraction of sp³-hybridized carbons (Fsp3) is 0.208. The highest BCUT2D eigenvalue weighted by molar-refractivity contribution is 8.26. The molecule has 1 heterocycles. The van der Waals surface area contributed by atoms with Crippen molar-refractivity contribution in [3.8, 4) is 0 Å². The Bertz CT molecular complexity index is 969. The first kappa shape index (κ1) is 22.0. The molecule has 0 unspecified atom stereocenters. The molecular formula is C24H24N2O2S2. The summed E-state index contributed by atoms with van der Waals surface area (Å²) in [6.07, 6.45) is 4.83. The second kappa shape index (κ2) is 10.9. The van der Waals surface area contributed by atoms with Crippen LogP contribution in [0.1, 0.15) is 30.9 Å².